The van der Waals surface area contributed by atoms with Gasteiger partial charge in [0.05, 0.1) is 16.8 Å². The van der Waals surface area contributed by atoms with Crippen molar-refractivity contribution in [2.45, 2.75) is 6.92 Å². The minimum absolute atomic E-state index is 0.150. The monoisotopic (exact) mass is 370 g/mol. The number of ether oxygens (including phenoxy) is 1. The molecule has 5 heteroatoms. The number of nitrogens with zero attached hydrogens (tertiary/aromatic N) is 1. The van der Waals surface area contributed by atoms with Gasteiger partial charge in [-0.05, 0) is 30.3 Å². The molecule has 0 saturated carbocycles. The fourth-order valence-electron chi connectivity index (χ4n) is 3.09. The van der Waals surface area contributed by atoms with E-state index >= 15 is 0 Å². The Morgan fingerprint density at radius 3 is 2.32 bits per heavy atom. The summed E-state index contributed by atoms with van der Waals surface area (Å²) in [6.07, 6.45) is 1.57. The highest BCUT2D eigenvalue weighted by Gasteiger charge is 2.18. The van der Waals surface area contributed by atoms with E-state index < -0.39 is 0 Å². The summed E-state index contributed by atoms with van der Waals surface area (Å²) in [5.74, 6) is 0.762. The molecule has 0 radical (unpaired) electrons. The van der Waals surface area contributed by atoms with Gasteiger partial charge in [-0.25, -0.2) is 0 Å². The highest BCUT2D eigenvalue weighted by atomic mass is 16.5. The van der Waals surface area contributed by atoms with E-state index in [-0.39, 0.29) is 11.8 Å². The van der Waals surface area contributed by atoms with Crippen LogP contribution in [0.15, 0.2) is 85.1 Å². The van der Waals surface area contributed by atoms with Crippen molar-refractivity contribution in [3.05, 3.63) is 90.6 Å². The molecule has 0 saturated heterocycles. The maximum atomic E-state index is 13.0. The van der Waals surface area contributed by atoms with E-state index in [1.807, 2.05) is 66.7 Å². The summed E-state index contributed by atoms with van der Waals surface area (Å²) >= 11 is 0. The number of para-hydroxylation sites is 4. The molecule has 0 bridgehead atoms. The van der Waals surface area contributed by atoms with Crippen molar-refractivity contribution in [2.75, 3.05) is 5.32 Å². The number of aromatic nitrogens is 1. The van der Waals surface area contributed by atoms with Gasteiger partial charge in [-0.3, -0.25) is 14.2 Å². The molecule has 1 amide bonds. The zero-order valence-corrected chi connectivity index (χ0v) is 15.3. The standard InChI is InChI=1S/C23H18N2O3/c1-16(26)25-15-19(18-11-5-7-13-21(18)25)23(27)24-20-12-6-8-14-22(20)28-17-9-3-2-4-10-17/h2-15H,1H3,(H,24,27). The van der Waals surface area contributed by atoms with Gasteiger partial charge in [0.2, 0.25) is 5.91 Å². The van der Waals surface area contributed by atoms with Crippen LogP contribution in [0.3, 0.4) is 0 Å². The van der Waals surface area contributed by atoms with Gasteiger partial charge in [0.1, 0.15) is 5.75 Å². The third kappa shape index (κ3) is 3.38. The molecular formula is C23H18N2O3. The fourth-order valence-corrected chi connectivity index (χ4v) is 3.09. The van der Waals surface area contributed by atoms with Gasteiger partial charge in [0.15, 0.2) is 5.75 Å². The zero-order chi connectivity index (χ0) is 19.5. The first-order valence-electron chi connectivity index (χ1n) is 8.88. The SMILES string of the molecule is CC(=O)n1cc(C(=O)Nc2ccccc2Oc2ccccc2)c2ccccc21. The summed E-state index contributed by atoms with van der Waals surface area (Å²) in [6, 6.07) is 23.9. The summed E-state index contributed by atoms with van der Waals surface area (Å²) in [5.41, 5.74) is 1.69. The number of anilines is 1. The normalized spacial score (nSPS) is 10.6. The Kier molecular flexibility index (Phi) is 4.64. The molecule has 0 unspecified atom stereocenters. The van der Waals surface area contributed by atoms with Gasteiger partial charge in [-0.1, -0.05) is 48.5 Å². The van der Waals surface area contributed by atoms with Crippen LogP contribution in [-0.2, 0) is 0 Å². The van der Waals surface area contributed by atoms with E-state index in [0.29, 0.717) is 28.3 Å². The molecule has 0 atom stereocenters. The summed E-state index contributed by atoms with van der Waals surface area (Å²) < 4.78 is 7.39. The van der Waals surface area contributed by atoms with Crippen LogP contribution < -0.4 is 10.1 Å². The number of fused-ring (bicyclic) bond motifs is 1. The number of carbonyl (C=O) groups is 2. The molecule has 1 N–H and O–H groups in total. The number of amides is 1. The van der Waals surface area contributed by atoms with Crippen molar-refractivity contribution >= 4 is 28.4 Å². The second-order valence-electron chi connectivity index (χ2n) is 6.31. The van der Waals surface area contributed by atoms with Crippen LogP contribution in [0.2, 0.25) is 0 Å². The second-order valence-corrected chi connectivity index (χ2v) is 6.31. The van der Waals surface area contributed by atoms with Gasteiger partial charge in [0.25, 0.3) is 5.91 Å². The van der Waals surface area contributed by atoms with Crippen molar-refractivity contribution in [3.63, 3.8) is 0 Å². The molecule has 4 rings (SSSR count). The minimum atomic E-state index is -0.305. The van der Waals surface area contributed by atoms with Gasteiger partial charge in [-0.15, -0.1) is 0 Å². The average Bonchev–Trinajstić information content (AvgIpc) is 3.10. The summed E-state index contributed by atoms with van der Waals surface area (Å²) in [7, 11) is 0. The Balaban J connectivity index is 1.67. The first kappa shape index (κ1) is 17.5. The van der Waals surface area contributed by atoms with Crippen LogP contribution in [0.5, 0.6) is 11.5 Å². The smallest absolute Gasteiger partial charge is 0.257 e. The Labute approximate surface area is 162 Å². The number of benzene rings is 3. The molecule has 5 nitrogen and oxygen atoms in total. The van der Waals surface area contributed by atoms with Crippen molar-refractivity contribution in [3.8, 4) is 11.5 Å². The quantitative estimate of drug-likeness (QED) is 0.527. The summed E-state index contributed by atoms with van der Waals surface area (Å²) in [4.78, 5) is 24.9. The molecule has 28 heavy (non-hydrogen) atoms. The summed E-state index contributed by atoms with van der Waals surface area (Å²) in [6.45, 7) is 1.47. The molecule has 138 valence electrons. The number of nitrogens with one attached hydrogen (secondary N) is 1. The van der Waals surface area contributed by atoms with E-state index in [9.17, 15) is 9.59 Å². The van der Waals surface area contributed by atoms with Crippen molar-refractivity contribution in [1.29, 1.82) is 0 Å². The molecular weight excluding hydrogens is 352 g/mol. The van der Waals surface area contributed by atoms with Crippen molar-refractivity contribution in [2.24, 2.45) is 0 Å². The van der Waals surface area contributed by atoms with E-state index in [4.69, 9.17) is 4.74 Å². The van der Waals surface area contributed by atoms with Crippen LogP contribution in [0, 0.1) is 0 Å². The second kappa shape index (κ2) is 7.40. The van der Waals surface area contributed by atoms with E-state index in [2.05, 4.69) is 5.32 Å². The van der Waals surface area contributed by atoms with Crippen LogP contribution >= 0.6 is 0 Å². The molecule has 0 aliphatic carbocycles. The third-order valence-electron chi connectivity index (χ3n) is 4.40. The van der Waals surface area contributed by atoms with Crippen molar-refractivity contribution < 1.29 is 14.3 Å². The Bertz CT molecular complexity index is 1160. The van der Waals surface area contributed by atoms with Gasteiger partial charge >= 0.3 is 0 Å². The van der Waals surface area contributed by atoms with Crippen LogP contribution in [0.4, 0.5) is 5.69 Å². The molecule has 3 aromatic carbocycles. The largest absolute Gasteiger partial charge is 0.455 e. The number of carbonyl (C=O) groups excluding carboxylic acids is 2. The topological polar surface area (TPSA) is 60.3 Å². The molecule has 4 aromatic rings. The minimum Gasteiger partial charge on any atom is -0.455 e. The predicted molar refractivity (Wildman–Crippen MR) is 109 cm³/mol. The summed E-state index contributed by atoms with van der Waals surface area (Å²) in [5, 5.41) is 3.62. The highest BCUT2D eigenvalue weighted by Crippen LogP contribution is 2.30. The third-order valence-corrected chi connectivity index (χ3v) is 4.40. The molecule has 0 spiro atoms. The molecule has 1 heterocycles. The molecule has 0 aliphatic heterocycles. The van der Waals surface area contributed by atoms with Gasteiger partial charge < -0.3 is 10.1 Å². The van der Waals surface area contributed by atoms with Crippen molar-refractivity contribution in [1.82, 2.24) is 4.57 Å². The maximum absolute atomic E-state index is 13.0. The lowest BCUT2D eigenvalue weighted by Crippen LogP contribution is -2.12. The highest BCUT2D eigenvalue weighted by molar-refractivity contribution is 6.14. The molecule has 0 aliphatic rings. The van der Waals surface area contributed by atoms with E-state index in [1.54, 1.807) is 18.3 Å². The number of hydrogen-bond acceptors (Lipinski definition) is 3. The lowest BCUT2D eigenvalue weighted by molar-refractivity contribution is 0.0941. The lowest BCUT2D eigenvalue weighted by atomic mass is 10.1. The Morgan fingerprint density at radius 1 is 0.857 bits per heavy atom. The lowest BCUT2D eigenvalue weighted by Gasteiger charge is -2.12. The van der Waals surface area contributed by atoms with Crippen LogP contribution in [-0.4, -0.2) is 16.4 Å². The first-order chi connectivity index (χ1) is 13.6. The average molecular weight is 370 g/mol. The van der Waals surface area contributed by atoms with E-state index in [0.717, 1.165) is 5.39 Å². The predicted octanol–water partition coefficient (Wildman–Crippen LogP) is 5.35. The van der Waals surface area contributed by atoms with Crippen LogP contribution in [0.25, 0.3) is 10.9 Å². The molecule has 1 aromatic heterocycles. The van der Waals surface area contributed by atoms with Crippen LogP contribution in [0.1, 0.15) is 22.1 Å². The first-order valence-corrected chi connectivity index (χ1v) is 8.88. The van der Waals surface area contributed by atoms with E-state index in [1.165, 1.54) is 11.5 Å². The fraction of sp³-hybridized carbons (Fsp3) is 0.0435. The number of rotatable bonds is 4. The number of hydrogen-bond donors (Lipinski definition) is 1. The molecule has 0 fully saturated rings. The Hall–Kier alpha value is -3.86. The van der Waals surface area contributed by atoms with Gasteiger partial charge in [0, 0.05) is 18.5 Å². The van der Waals surface area contributed by atoms with Gasteiger partial charge in [-0.2, -0.15) is 0 Å². The Morgan fingerprint density at radius 2 is 1.54 bits per heavy atom. The zero-order valence-electron chi connectivity index (χ0n) is 15.3. The maximum Gasteiger partial charge on any atom is 0.257 e.